The van der Waals surface area contributed by atoms with Gasteiger partial charge < -0.3 is 15.8 Å². The number of nitrogens with one attached hydrogen (secondary N) is 1. The summed E-state index contributed by atoms with van der Waals surface area (Å²) in [4.78, 5) is 4.65. The van der Waals surface area contributed by atoms with E-state index >= 15 is 0 Å². The second-order valence-corrected chi connectivity index (χ2v) is 4.26. The molecule has 1 fully saturated rings. The van der Waals surface area contributed by atoms with E-state index in [0.29, 0.717) is 11.0 Å². The van der Waals surface area contributed by atoms with E-state index in [1.807, 2.05) is 12.1 Å². The maximum Gasteiger partial charge on any atom is 0.126 e. The lowest BCUT2D eigenvalue weighted by molar-refractivity contribution is 0.0904. The Labute approximate surface area is 100 Å². The monoisotopic (exact) mass is 237 g/mol. The third-order valence-corrected chi connectivity index (χ3v) is 2.85. The first-order chi connectivity index (χ1) is 7.75. The summed E-state index contributed by atoms with van der Waals surface area (Å²) in [6.07, 6.45) is 3.74. The Kier molecular flexibility index (Phi) is 3.69. The Balaban J connectivity index is 2.02. The summed E-state index contributed by atoms with van der Waals surface area (Å²) in [6, 6.07) is 4.14. The highest BCUT2D eigenvalue weighted by molar-refractivity contribution is 7.80. The van der Waals surface area contributed by atoms with Crippen LogP contribution in [0.15, 0.2) is 18.3 Å². The molecule has 0 unspecified atom stereocenters. The van der Waals surface area contributed by atoms with Gasteiger partial charge >= 0.3 is 0 Å². The lowest BCUT2D eigenvalue weighted by Crippen LogP contribution is -2.28. The van der Waals surface area contributed by atoms with Crippen molar-refractivity contribution < 1.29 is 4.74 Å². The van der Waals surface area contributed by atoms with Crippen LogP contribution in [0.2, 0.25) is 0 Å². The molecule has 0 aromatic carbocycles. The van der Waals surface area contributed by atoms with Crippen LogP contribution in [0.25, 0.3) is 0 Å². The quantitative estimate of drug-likeness (QED) is 0.776. The molecule has 0 amide bonds. The van der Waals surface area contributed by atoms with Crippen LogP contribution in [0.4, 0.5) is 5.82 Å². The summed E-state index contributed by atoms with van der Waals surface area (Å²) < 4.78 is 5.30. The standard InChI is InChI=1S/C11H15N3OS/c12-11(16)8-1-4-13-10(7-8)14-9-2-5-15-6-3-9/h1,4,7,9H,2-3,5-6H2,(H2,12,16)(H,13,14). The topological polar surface area (TPSA) is 60.2 Å². The minimum absolute atomic E-state index is 0.400. The highest BCUT2D eigenvalue weighted by Gasteiger charge is 2.13. The van der Waals surface area contributed by atoms with Crippen LogP contribution in [0.3, 0.4) is 0 Å². The van der Waals surface area contributed by atoms with Crippen LogP contribution in [0, 0.1) is 0 Å². The van der Waals surface area contributed by atoms with Gasteiger partial charge in [-0.05, 0) is 25.0 Å². The Bertz CT molecular complexity index is 377. The van der Waals surface area contributed by atoms with Crippen molar-refractivity contribution in [3.05, 3.63) is 23.9 Å². The van der Waals surface area contributed by atoms with Crippen LogP contribution in [0.1, 0.15) is 18.4 Å². The number of aromatic nitrogens is 1. The van der Waals surface area contributed by atoms with Gasteiger partial charge in [0.05, 0.1) is 0 Å². The van der Waals surface area contributed by atoms with E-state index in [0.717, 1.165) is 37.4 Å². The van der Waals surface area contributed by atoms with Gasteiger partial charge in [-0.25, -0.2) is 4.98 Å². The molecule has 86 valence electrons. The Morgan fingerprint density at radius 3 is 2.94 bits per heavy atom. The van der Waals surface area contributed by atoms with E-state index in [-0.39, 0.29) is 0 Å². The van der Waals surface area contributed by atoms with Gasteiger partial charge in [0.25, 0.3) is 0 Å². The van der Waals surface area contributed by atoms with E-state index < -0.39 is 0 Å². The van der Waals surface area contributed by atoms with Crippen molar-refractivity contribution in [2.24, 2.45) is 5.73 Å². The minimum atomic E-state index is 0.400. The van der Waals surface area contributed by atoms with Gasteiger partial charge in [-0.15, -0.1) is 0 Å². The average molecular weight is 237 g/mol. The van der Waals surface area contributed by atoms with Gasteiger partial charge in [0, 0.05) is 31.0 Å². The molecule has 1 aliphatic rings. The number of pyridine rings is 1. The molecule has 1 aromatic heterocycles. The van der Waals surface area contributed by atoms with Crippen molar-refractivity contribution in [2.75, 3.05) is 18.5 Å². The van der Waals surface area contributed by atoms with Gasteiger partial charge in [-0.1, -0.05) is 12.2 Å². The maximum atomic E-state index is 5.57. The average Bonchev–Trinajstić information content (AvgIpc) is 2.30. The molecule has 2 heterocycles. The molecule has 1 saturated heterocycles. The Morgan fingerprint density at radius 2 is 2.25 bits per heavy atom. The lowest BCUT2D eigenvalue weighted by Gasteiger charge is -2.23. The van der Waals surface area contributed by atoms with Gasteiger partial charge in [-0.2, -0.15) is 0 Å². The molecule has 0 aliphatic carbocycles. The molecular weight excluding hydrogens is 222 g/mol. The lowest BCUT2D eigenvalue weighted by atomic mass is 10.1. The van der Waals surface area contributed by atoms with Crippen LogP contribution >= 0.6 is 12.2 Å². The van der Waals surface area contributed by atoms with Crippen molar-refractivity contribution in [3.8, 4) is 0 Å². The van der Waals surface area contributed by atoms with Crippen LogP contribution in [-0.4, -0.2) is 29.2 Å². The normalized spacial score (nSPS) is 17.0. The van der Waals surface area contributed by atoms with Crippen molar-refractivity contribution in [1.29, 1.82) is 0 Å². The summed E-state index contributed by atoms with van der Waals surface area (Å²) in [5, 5.41) is 3.37. The molecule has 0 bridgehead atoms. The molecule has 4 nitrogen and oxygen atoms in total. The highest BCUT2D eigenvalue weighted by atomic mass is 32.1. The molecule has 1 aliphatic heterocycles. The highest BCUT2D eigenvalue weighted by Crippen LogP contribution is 2.14. The van der Waals surface area contributed by atoms with Crippen LogP contribution in [0.5, 0.6) is 0 Å². The van der Waals surface area contributed by atoms with E-state index in [4.69, 9.17) is 22.7 Å². The molecule has 0 spiro atoms. The van der Waals surface area contributed by atoms with Crippen molar-refractivity contribution >= 4 is 23.0 Å². The molecule has 16 heavy (non-hydrogen) atoms. The predicted molar refractivity (Wildman–Crippen MR) is 67.6 cm³/mol. The zero-order valence-corrected chi connectivity index (χ0v) is 9.80. The first-order valence-corrected chi connectivity index (χ1v) is 5.76. The number of nitrogens with zero attached hydrogens (tertiary/aromatic N) is 1. The largest absolute Gasteiger partial charge is 0.389 e. The maximum absolute atomic E-state index is 5.57. The first kappa shape index (κ1) is 11.3. The van der Waals surface area contributed by atoms with Crippen LogP contribution in [-0.2, 0) is 4.74 Å². The summed E-state index contributed by atoms with van der Waals surface area (Å²) in [5.74, 6) is 0.831. The van der Waals surface area contributed by atoms with Gasteiger partial charge in [0.15, 0.2) is 0 Å². The molecule has 0 atom stereocenters. The summed E-state index contributed by atoms with van der Waals surface area (Å²) in [6.45, 7) is 1.62. The number of rotatable bonds is 3. The number of hydrogen-bond donors (Lipinski definition) is 2. The molecule has 1 aromatic rings. The van der Waals surface area contributed by atoms with Gasteiger partial charge in [0.1, 0.15) is 10.8 Å². The number of hydrogen-bond acceptors (Lipinski definition) is 4. The van der Waals surface area contributed by atoms with Crippen molar-refractivity contribution in [3.63, 3.8) is 0 Å². The first-order valence-electron chi connectivity index (χ1n) is 5.36. The van der Waals surface area contributed by atoms with Gasteiger partial charge in [0.2, 0.25) is 0 Å². The number of anilines is 1. The van der Waals surface area contributed by atoms with Crippen molar-refractivity contribution in [2.45, 2.75) is 18.9 Å². The number of ether oxygens (including phenoxy) is 1. The third kappa shape index (κ3) is 2.90. The third-order valence-electron chi connectivity index (χ3n) is 2.62. The minimum Gasteiger partial charge on any atom is -0.389 e. The van der Waals surface area contributed by atoms with Gasteiger partial charge in [-0.3, -0.25) is 0 Å². The van der Waals surface area contributed by atoms with E-state index in [1.54, 1.807) is 6.20 Å². The smallest absolute Gasteiger partial charge is 0.126 e. The summed E-state index contributed by atoms with van der Waals surface area (Å²) in [5.41, 5.74) is 6.42. The molecule has 3 N–H and O–H groups in total. The number of nitrogens with two attached hydrogens (primary N) is 1. The van der Waals surface area contributed by atoms with E-state index in [2.05, 4.69) is 10.3 Å². The van der Waals surface area contributed by atoms with E-state index in [9.17, 15) is 0 Å². The molecule has 2 rings (SSSR count). The second kappa shape index (κ2) is 5.23. The SMILES string of the molecule is NC(=S)c1ccnc(NC2CCOCC2)c1. The number of thiocarbonyl (C=S) groups is 1. The predicted octanol–water partition coefficient (Wildman–Crippen LogP) is 1.31. The fraction of sp³-hybridized carbons (Fsp3) is 0.455. The summed E-state index contributed by atoms with van der Waals surface area (Å²) in [7, 11) is 0. The van der Waals surface area contributed by atoms with Crippen molar-refractivity contribution in [1.82, 2.24) is 4.98 Å². The fourth-order valence-corrected chi connectivity index (χ4v) is 1.84. The Morgan fingerprint density at radius 1 is 1.50 bits per heavy atom. The Hall–Kier alpha value is -1.20. The molecule has 0 radical (unpaired) electrons. The zero-order chi connectivity index (χ0) is 11.4. The van der Waals surface area contributed by atoms with Crippen LogP contribution < -0.4 is 11.1 Å². The fourth-order valence-electron chi connectivity index (χ4n) is 1.71. The second-order valence-electron chi connectivity index (χ2n) is 3.82. The van der Waals surface area contributed by atoms with E-state index in [1.165, 1.54) is 0 Å². The molecule has 5 heteroatoms. The summed E-state index contributed by atoms with van der Waals surface area (Å²) >= 11 is 4.93. The molecule has 0 saturated carbocycles. The molecular formula is C11H15N3OS. The zero-order valence-electron chi connectivity index (χ0n) is 8.98.